The molecule has 1 heterocycles. The van der Waals surface area contributed by atoms with Gasteiger partial charge in [-0.15, -0.1) is 0 Å². The minimum Gasteiger partial charge on any atom is -0.314 e. The normalized spacial score (nSPS) is 23.4. The van der Waals surface area contributed by atoms with Gasteiger partial charge in [0.25, 0.3) is 0 Å². The van der Waals surface area contributed by atoms with Gasteiger partial charge in [-0.25, -0.2) is 0 Å². The van der Waals surface area contributed by atoms with Crippen LogP contribution in [-0.4, -0.2) is 36.6 Å². The minimum absolute atomic E-state index is 0.442. The number of rotatable bonds is 3. The third-order valence-corrected chi connectivity index (χ3v) is 4.90. The lowest BCUT2D eigenvalue weighted by atomic mass is 9.79. The number of nitrogens with one attached hydrogen (secondary N) is 1. The molecule has 1 spiro atoms. The largest absolute Gasteiger partial charge is 0.314 e. The van der Waals surface area contributed by atoms with E-state index in [4.69, 9.17) is 0 Å². The maximum absolute atomic E-state index is 3.62. The van der Waals surface area contributed by atoms with Crippen LogP contribution in [-0.2, 0) is 0 Å². The van der Waals surface area contributed by atoms with Crippen molar-refractivity contribution in [3.63, 3.8) is 0 Å². The van der Waals surface area contributed by atoms with Crippen LogP contribution in [0.5, 0.6) is 0 Å². The van der Waals surface area contributed by atoms with E-state index in [0.717, 1.165) is 13.1 Å². The Bertz CT molecular complexity index is 424. The van der Waals surface area contributed by atoms with Crippen molar-refractivity contribution in [3.8, 4) is 0 Å². The summed E-state index contributed by atoms with van der Waals surface area (Å²) in [5.41, 5.74) is 1.75. The molecule has 108 valence electrons. The SMILES string of the molecule is C(=C\c1ccccc1)/CN1CCNCC12CCCCC2. The van der Waals surface area contributed by atoms with Crippen LogP contribution in [0.3, 0.4) is 0 Å². The van der Waals surface area contributed by atoms with Crippen LogP contribution in [0, 0.1) is 0 Å². The molecule has 20 heavy (non-hydrogen) atoms. The fourth-order valence-corrected chi connectivity index (χ4v) is 3.75. The standard InChI is InChI=1S/C18H26N2/c1-3-8-17(9-4-1)10-7-14-20-15-13-19-16-18(20)11-5-2-6-12-18/h1,3-4,7-10,19H,2,5-6,11-16H2/b10-7+. The maximum Gasteiger partial charge on any atom is 0.0337 e. The summed E-state index contributed by atoms with van der Waals surface area (Å²) in [5, 5.41) is 3.62. The topological polar surface area (TPSA) is 15.3 Å². The van der Waals surface area contributed by atoms with E-state index in [1.807, 2.05) is 0 Å². The Hall–Kier alpha value is -1.12. The number of hydrogen-bond acceptors (Lipinski definition) is 2. The van der Waals surface area contributed by atoms with Crippen LogP contribution in [0.1, 0.15) is 37.7 Å². The van der Waals surface area contributed by atoms with E-state index in [2.05, 4.69) is 52.7 Å². The van der Waals surface area contributed by atoms with Gasteiger partial charge in [-0.3, -0.25) is 4.90 Å². The minimum atomic E-state index is 0.442. The Morgan fingerprint density at radius 1 is 1.10 bits per heavy atom. The zero-order valence-corrected chi connectivity index (χ0v) is 12.4. The molecule has 0 bridgehead atoms. The van der Waals surface area contributed by atoms with Crippen molar-refractivity contribution < 1.29 is 0 Å². The van der Waals surface area contributed by atoms with Crippen LogP contribution < -0.4 is 5.32 Å². The average Bonchev–Trinajstić information content (AvgIpc) is 2.51. The molecule has 0 unspecified atom stereocenters. The van der Waals surface area contributed by atoms with E-state index in [1.54, 1.807) is 0 Å². The van der Waals surface area contributed by atoms with Crippen LogP contribution in [0.15, 0.2) is 36.4 Å². The molecule has 0 radical (unpaired) electrons. The second-order valence-electron chi connectivity index (χ2n) is 6.22. The molecule has 1 N–H and O–H groups in total. The molecule has 1 aromatic rings. The zero-order chi connectivity index (χ0) is 13.7. The first kappa shape index (κ1) is 13.8. The third-order valence-electron chi connectivity index (χ3n) is 4.90. The average molecular weight is 270 g/mol. The summed E-state index contributed by atoms with van der Waals surface area (Å²) in [7, 11) is 0. The van der Waals surface area contributed by atoms with Gasteiger partial charge in [-0.1, -0.05) is 61.7 Å². The molecule has 2 heteroatoms. The number of benzene rings is 1. The van der Waals surface area contributed by atoms with Crippen molar-refractivity contribution in [1.29, 1.82) is 0 Å². The van der Waals surface area contributed by atoms with Gasteiger partial charge < -0.3 is 5.32 Å². The monoisotopic (exact) mass is 270 g/mol. The summed E-state index contributed by atoms with van der Waals surface area (Å²) in [6.45, 7) is 4.61. The number of nitrogens with zero attached hydrogens (tertiary/aromatic N) is 1. The van der Waals surface area contributed by atoms with Crippen molar-refractivity contribution in [3.05, 3.63) is 42.0 Å². The second-order valence-corrected chi connectivity index (χ2v) is 6.22. The van der Waals surface area contributed by atoms with Gasteiger partial charge in [0.15, 0.2) is 0 Å². The third kappa shape index (κ3) is 3.13. The molecule has 0 atom stereocenters. The Morgan fingerprint density at radius 3 is 2.70 bits per heavy atom. The van der Waals surface area contributed by atoms with Crippen LogP contribution >= 0.6 is 0 Å². The molecule has 1 aliphatic heterocycles. The zero-order valence-electron chi connectivity index (χ0n) is 12.4. The second kappa shape index (κ2) is 6.55. The van der Waals surface area contributed by atoms with Gasteiger partial charge in [-0.2, -0.15) is 0 Å². The molecule has 1 aromatic carbocycles. The van der Waals surface area contributed by atoms with Crippen LogP contribution in [0.4, 0.5) is 0 Å². The Balaban J connectivity index is 1.64. The highest BCUT2D eigenvalue weighted by molar-refractivity contribution is 5.48. The van der Waals surface area contributed by atoms with E-state index in [9.17, 15) is 0 Å². The van der Waals surface area contributed by atoms with E-state index in [0.29, 0.717) is 5.54 Å². The Labute approximate surface area is 122 Å². The van der Waals surface area contributed by atoms with Gasteiger partial charge in [0.1, 0.15) is 0 Å². The lowest BCUT2D eigenvalue weighted by Crippen LogP contribution is -2.61. The first-order valence-electron chi connectivity index (χ1n) is 8.06. The highest BCUT2D eigenvalue weighted by Gasteiger charge is 2.38. The summed E-state index contributed by atoms with van der Waals surface area (Å²) in [5.74, 6) is 0. The van der Waals surface area contributed by atoms with Crippen LogP contribution in [0.2, 0.25) is 0 Å². The smallest absolute Gasteiger partial charge is 0.0337 e. The maximum atomic E-state index is 3.62. The molecule has 2 nitrogen and oxygen atoms in total. The molecular weight excluding hydrogens is 244 g/mol. The highest BCUT2D eigenvalue weighted by Crippen LogP contribution is 2.34. The number of piperazine rings is 1. The summed E-state index contributed by atoms with van der Waals surface area (Å²) in [6, 6.07) is 10.6. The highest BCUT2D eigenvalue weighted by atomic mass is 15.3. The predicted molar refractivity (Wildman–Crippen MR) is 85.7 cm³/mol. The molecule has 1 aliphatic carbocycles. The predicted octanol–water partition coefficient (Wildman–Crippen LogP) is 3.31. The first-order valence-corrected chi connectivity index (χ1v) is 8.06. The van der Waals surface area contributed by atoms with E-state index < -0.39 is 0 Å². The van der Waals surface area contributed by atoms with Gasteiger partial charge in [-0.05, 0) is 18.4 Å². The van der Waals surface area contributed by atoms with Crippen molar-refractivity contribution >= 4 is 6.08 Å². The van der Waals surface area contributed by atoms with Gasteiger partial charge >= 0.3 is 0 Å². The van der Waals surface area contributed by atoms with E-state index >= 15 is 0 Å². The molecule has 1 saturated carbocycles. The number of hydrogen-bond donors (Lipinski definition) is 1. The fraction of sp³-hybridized carbons (Fsp3) is 0.556. The van der Waals surface area contributed by atoms with Crippen molar-refractivity contribution in [2.75, 3.05) is 26.2 Å². The summed E-state index contributed by atoms with van der Waals surface area (Å²) >= 11 is 0. The molecule has 2 fully saturated rings. The van der Waals surface area contributed by atoms with Gasteiger partial charge in [0, 0.05) is 31.7 Å². The first-order chi connectivity index (χ1) is 9.89. The van der Waals surface area contributed by atoms with Crippen molar-refractivity contribution in [2.24, 2.45) is 0 Å². The summed E-state index contributed by atoms with van der Waals surface area (Å²) < 4.78 is 0. The molecule has 3 rings (SSSR count). The lowest BCUT2D eigenvalue weighted by molar-refractivity contribution is 0.0380. The lowest BCUT2D eigenvalue weighted by Gasteiger charge is -2.49. The Morgan fingerprint density at radius 2 is 1.90 bits per heavy atom. The van der Waals surface area contributed by atoms with Crippen molar-refractivity contribution in [1.82, 2.24) is 10.2 Å². The quantitative estimate of drug-likeness (QED) is 0.906. The molecule has 0 aromatic heterocycles. The summed E-state index contributed by atoms with van der Waals surface area (Å²) in [6.07, 6.45) is 11.6. The van der Waals surface area contributed by atoms with E-state index in [-0.39, 0.29) is 0 Å². The van der Waals surface area contributed by atoms with E-state index in [1.165, 1.54) is 50.8 Å². The molecule has 1 saturated heterocycles. The van der Waals surface area contributed by atoms with Crippen molar-refractivity contribution in [2.45, 2.75) is 37.6 Å². The van der Waals surface area contributed by atoms with Crippen LogP contribution in [0.25, 0.3) is 6.08 Å². The fourth-order valence-electron chi connectivity index (χ4n) is 3.75. The van der Waals surface area contributed by atoms with Gasteiger partial charge in [0.2, 0.25) is 0 Å². The molecule has 0 amide bonds. The Kier molecular flexibility index (Phi) is 4.54. The van der Waals surface area contributed by atoms with Gasteiger partial charge in [0.05, 0.1) is 0 Å². The summed E-state index contributed by atoms with van der Waals surface area (Å²) in [4.78, 5) is 2.72. The molecular formula is C18H26N2. The molecule has 2 aliphatic rings.